The molecule has 4 aliphatic rings. The molecule has 4 rings (SSSR count). The third kappa shape index (κ3) is 1.92. The molecule has 2 saturated carbocycles. The van der Waals surface area contributed by atoms with E-state index in [1.807, 2.05) is 0 Å². The third-order valence-corrected chi connectivity index (χ3v) is 6.52. The highest BCUT2D eigenvalue weighted by atomic mass is 15.2. The van der Waals surface area contributed by atoms with Crippen LogP contribution in [0.1, 0.15) is 51.4 Å². The molecule has 102 valence electrons. The van der Waals surface area contributed by atoms with E-state index in [1.54, 1.807) is 6.42 Å². The molecule has 0 radical (unpaired) electrons. The second-order valence-corrected chi connectivity index (χ2v) is 7.41. The van der Waals surface area contributed by atoms with E-state index in [-0.39, 0.29) is 0 Å². The Balaban J connectivity index is 1.37. The molecule has 4 fully saturated rings. The van der Waals surface area contributed by atoms with Crippen LogP contribution in [0, 0.1) is 17.3 Å². The number of hydrogen-bond acceptors (Lipinski definition) is 2. The second-order valence-electron chi connectivity index (χ2n) is 7.41. The summed E-state index contributed by atoms with van der Waals surface area (Å²) in [7, 11) is 0. The van der Waals surface area contributed by atoms with Gasteiger partial charge in [0.15, 0.2) is 0 Å². The van der Waals surface area contributed by atoms with Gasteiger partial charge in [-0.2, -0.15) is 0 Å². The zero-order chi connectivity index (χ0) is 12.0. The molecule has 0 aromatic carbocycles. The first-order chi connectivity index (χ1) is 8.87. The molecule has 3 unspecified atom stereocenters. The molecule has 2 saturated heterocycles. The first-order valence-electron chi connectivity index (χ1n) is 8.32. The lowest BCUT2D eigenvalue weighted by Gasteiger charge is -2.38. The molecule has 0 amide bonds. The summed E-state index contributed by atoms with van der Waals surface area (Å²) in [5, 5.41) is 3.53. The van der Waals surface area contributed by atoms with Crippen LogP contribution in [0.2, 0.25) is 0 Å². The van der Waals surface area contributed by atoms with Crippen molar-refractivity contribution < 1.29 is 0 Å². The lowest BCUT2D eigenvalue weighted by atomic mass is 9.89. The van der Waals surface area contributed by atoms with Crippen LogP contribution in [-0.2, 0) is 0 Å². The van der Waals surface area contributed by atoms with Crippen molar-refractivity contribution in [1.29, 1.82) is 0 Å². The zero-order valence-electron chi connectivity index (χ0n) is 11.7. The number of fused-ring (bicyclic) bond motifs is 1. The minimum absolute atomic E-state index is 0.788. The Labute approximate surface area is 111 Å². The lowest BCUT2D eigenvalue weighted by Crippen LogP contribution is -2.44. The minimum Gasteiger partial charge on any atom is -0.317 e. The number of nitrogens with one attached hydrogen (secondary N) is 1. The van der Waals surface area contributed by atoms with E-state index in [4.69, 9.17) is 0 Å². The molecule has 0 aromatic rings. The predicted molar refractivity (Wildman–Crippen MR) is 74.6 cm³/mol. The van der Waals surface area contributed by atoms with E-state index in [2.05, 4.69) is 10.2 Å². The van der Waals surface area contributed by atoms with E-state index >= 15 is 0 Å². The average molecular weight is 248 g/mol. The summed E-state index contributed by atoms with van der Waals surface area (Å²) in [6.07, 6.45) is 12.0. The van der Waals surface area contributed by atoms with Crippen LogP contribution in [0.15, 0.2) is 0 Å². The molecule has 2 heteroatoms. The third-order valence-electron chi connectivity index (χ3n) is 6.52. The molecule has 18 heavy (non-hydrogen) atoms. The summed E-state index contributed by atoms with van der Waals surface area (Å²) >= 11 is 0. The van der Waals surface area contributed by atoms with Crippen LogP contribution < -0.4 is 5.32 Å². The van der Waals surface area contributed by atoms with Gasteiger partial charge >= 0.3 is 0 Å². The van der Waals surface area contributed by atoms with E-state index < -0.39 is 0 Å². The van der Waals surface area contributed by atoms with Gasteiger partial charge < -0.3 is 5.32 Å². The van der Waals surface area contributed by atoms with Crippen LogP contribution in [0.4, 0.5) is 0 Å². The normalized spacial score (nSPS) is 43.0. The monoisotopic (exact) mass is 248 g/mol. The first-order valence-corrected chi connectivity index (χ1v) is 8.32. The molecule has 0 aromatic heterocycles. The van der Waals surface area contributed by atoms with Gasteiger partial charge in [0.1, 0.15) is 0 Å². The Hall–Kier alpha value is -0.0800. The molecule has 1 spiro atoms. The fraction of sp³-hybridized carbons (Fsp3) is 1.00. The Kier molecular flexibility index (Phi) is 2.92. The summed E-state index contributed by atoms with van der Waals surface area (Å²) < 4.78 is 0. The highest BCUT2D eigenvalue weighted by molar-refractivity contribution is 5.06. The number of hydrogen-bond donors (Lipinski definition) is 1. The number of rotatable bonds is 2. The SMILES string of the molecule is C1CC2CCCN(CC3CC34CCNCC4)C2C1. The van der Waals surface area contributed by atoms with Gasteiger partial charge in [-0.05, 0) is 81.8 Å². The Bertz CT molecular complexity index is 308. The maximum Gasteiger partial charge on any atom is 0.0124 e. The molecule has 0 bridgehead atoms. The van der Waals surface area contributed by atoms with Crippen LogP contribution in [0.5, 0.6) is 0 Å². The summed E-state index contributed by atoms with van der Waals surface area (Å²) in [6.45, 7) is 5.41. The lowest BCUT2D eigenvalue weighted by molar-refractivity contribution is 0.100. The van der Waals surface area contributed by atoms with Gasteiger partial charge in [0, 0.05) is 12.6 Å². The quantitative estimate of drug-likeness (QED) is 0.808. The van der Waals surface area contributed by atoms with Gasteiger partial charge in [0.2, 0.25) is 0 Å². The van der Waals surface area contributed by atoms with Gasteiger partial charge in [-0.3, -0.25) is 4.90 Å². The smallest absolute Gasteiger partial charge is 0.0124 e. The van der Waals surface area contributed by atoms with Crippen molar-refractivity contribution in [2.45, 2.75) is 57.4 Å². The Morgan fingerprint density at radius 1 is 1.06 bits per heavy atom. The van der Waals surface area contributed by atoms with Gasteiger partial charge in [-0.15, -0.1) is 0 Å². The maximum atomic E-state index is 3.53. The van der Waals surface area contributed by atoms with Gasteiger partial charge in [-0.25, -0.2) is 0 Å². The molecule has 3 atom stereocenters. The minimum atomic E-state index is 0.788. The molecular formula is C16H28N2. The average Bonchev–Trinajstić information content (AvgIpc) is 2.87. The standard InChI is InChI=1S/C16H28N2/c1-3-13-4-2-10-18(15(13)5-1)12-14-11-16(14)6-8-17-9-7-16/h13-15,17H,1-12H2. The Morgan fingerprint density at radius 2 is 1.89 bits per heavy atom. The fourth-order valence-electron chi connectivity index (χ4n) is 5.29. The first kappa shape index (κ1) is 11.7. The number of likely N-dealkylation sites (tertiary alicyclic amines) is 1. The summed E-state index contributed by atoms with van der Waals surface area (Å²) in [5.41, 5.74) is 0.788. The molecule has 2 aliphatic carbocycles. The maximum absolute atomic E-state index is 3.53. The summed E-state index contributed by atoms with van der Waals surface area (Å²) in [4.78, 5) is 2.91. The van der Waals surface area contributed by atoms with E-state index in [0.717, 1.165) is 23.3 Å². The largest absolute Gasteiger partial charge is 0.317 e. The van der Waals surface area contributed by atoms with Crippen molar-refractivity contribution in [2.24, 2.45) is 17.3 Å². The predicted octanol–water partition coefficient (Wildman–Crippen LogP) is 2.64. The topological polar surface area (TPSA) is 15.3 Å². The van der Waals surface area contributed by atoms with Gasteiger partial charge in [0.05, 0.1) is 0 Å². The van der Waals surface area contributed by atoms with E-state index in [0.29, 0.717) is 0 Å². The van der Waals surface area contributed by atoms with Crippen molar-refractivity contribution >= 4 is 0 Å². The van der Waals surface area contributed by atoms with E-state index in [1.165, 1.54) is 71.1 Å². The summed E-state index contributed by atoms with van der Waals surface area (Å²) in [6, 6.07) is 0.984. The fourth-order valence-corrected chi connectivity index (χ4v) is 5.29. The van der Waals surface area contributed by atoms with Crippen LogP contribution in [0.3, 0.4) is 0 Å². The zero-order valence-corrected chi connectivity index (χ0v) is 11.7. The second kappa shape index (κ2) is 4.49. The molecule has 1 N–H and O–H groups in total. The van der Waals surface area contributed by atoms with Crippen LogP contribution in [-0.4, -0.2) is 37.1 Å². The van der Waals surface area contributed by atoms with Crippen molar-refractivity contribution in [3.05, 3.63) is 0 Å². The van der Waals surface area contributed by atoms with Gasteiger partial charge in [0.25, 0.3) is 0 Å². The highest BCUT2D eigenvalue weighted by Crippen LogP contribution is 2.59. The molecular weight excluding hydrogens is 220 g/mol. The van der Waals surface area contributed by atoms with Crippen molar-refractivity contribution in [3.8, 4) is 0 Å². The van der Waals surface area contributed by atoms with Crippen molar-refractivity contribution in [3.63, 3.8) is 0 Å². The molecule has 2 aliphatic heterocycles. The van der Waals surface area contributed by atoms with Gasteiger partial charge in [-0.1, -0.05) is 6.42 Å². The molecule has 2 heterocycles. The Morgan fingerprint density at radius 3 is 2.78 bits per heavy atom. The highest BCUT2D eigenvalue weighted by Gasteiger charge is 2.54. The summed E-state index contributed by atoms with van der Waals surface area (Å²) in [5.74, 6) is 2.13. The van der Waals surface area contributed by atoms with Crippen LogP contribution >= 0.6 is 0 Å². The van der Waals surface area contributed by atoms with E-state index in [9.17, 15) is 0 Å². The molecule has 2 nitrogen and oxygen atoms in total. The number of piperidine rings is 2. The number of nitrogens with zero attached hydrogens (tertiary/aromatic N) is 1. The van der Waals surface area contributed by atoms with Crippen molar-refractivity contribution in [2.75, 3.05) is 26.2 Å². The van der Waals surface area contributed by atoms with Crippen LogP contribution in [0.25, 0.3) is 0 Å². The van der Waals surface area contributed by atoms with Crippen molar-refractivity contribution in [1.82, 2.24) is 10.2 Å².